The summed E-state index contributed by atoms with van der Waals surface area (Å²) in [4.78, 5) is 27.1. The van der Waals surface area contributed by atoms with Crippen LogP contribution in [-0.2, 0) is 23.9 Å². The SMILES string of the molecule is C=CCn1c(=O)c2cnc(Nc3ccc4c(c3)CCNC43CC3)nc2n1-c1ccnc(C(C)(C)C)c1. The Morgan fingerprint density at radius 3 is 2.78 bits per heavy atom. The number of aromatic nitrogens is 5. The number of hydrogen-bond acceptors (Lipinski definition) is 6. The number of allylic oxidation sites excluding steroid dienone is 1. The normalized spacial score (nSPS) is 16.2. The summed E-state index contributed by atoms with van der Waals surface area (Å²) in [7, 11) is 0. The molecule has 8 heteroatoms. The quantitative estimate of drug-likeness (QED) is 0.412. The molecule has 1 aliphatic carbocycles. The van der Waals surface area contributed by atoms with E-state index in [4.69, 9.17) is 4.98 Å². The molecule has 6 rings (SSSR count). The van der Waals surface area contributed by atoms with Crippen LogP contribution in [0.25, 0.3) is 16.7 Å². The van der Waals surface area contributed by atoms with Crippen LogP contribution >= 0.6 is 0 Å². The molecule has 0 amide bonds. The first-order valence-corrected chi connectivity index (χ1v) is 12.5. The first kappa shape index (κ1) is 22.7. The number of anilines is 2. The van der Waals surface area contributed by atoms with E-state index < -0.39 is 0 Å². The number of pyridine rings is 1. The molecule has 3 aromatic heterocycles. The third-order valence-electron chi connectivity index (χ3n) is 7.22. The van der Waals surface area contributed by atoms with Crippen LogP contribution in [-0.4, -0.2) is 30.9 Å². The summed E-state index contributed by atoms with van der Waals surface area (Å²) in [5.74, 6) is 0.451. The van der Waals surface area contributed by atoms with Crippen molar-refractivity contribution >= 4 is 22.7 Å². The van der Waals surface area contributed by atoms with Crippen molar-refractivity contribution in [1.82, 2.24) is 29.6 Å². The fourth-order valence-electron chi connectivity index (χ4n) is 5.18. The Labute approximate surface area is 210 Å². The molecule has 1 spiro atoms. The van der Waals surface area contributed by atoms with Crippen LogP contribution < -0.4 is 16.2 Å². The van der Waals surface area contributed by atoms with Crippen LogP contribution in [0.4, 0.5) is 11.6 Å². The second-order valence-corrected chi connectivity index (χ2v) is 10.8. The lowest BCUT2D eigenvalue weighted by Crippen LogP contribution is -2.36. The maximum Gasteiger partial charge on any atom is 0.278 e. The van der Waals surface area contributed by atoms with Crippen LogP contribution in [0.5, 0.6) is 0 Å². The van der Waals surface area contributed by atoms with Gasteiger partial charge < -0.3 is 10.6 Å². The maximum absolute atomic E-state index is 13.3. The van der Waals surface area contributed by atoms with Gasteiger partial charge in [0.1, 0.15) is 5.39 Å². The molecule has 184 valence electrons. The average molecular weight is 482 g/mol. The average Bonchev–Trinajstić information content (AvgIpc) is 3.57. The molecule has 0 bridgehead atoms. The van der Waals surface area contributed by atoms with Crippen molar-refractivity contribution in [3.8, 4) is 5.69 Å². The summed E-state index contributed by atoms with van der Waals surface area (Å²) < 4.78 is 3.48. The molecule has 1 aliphatic heterocycles. The number of nitrogens with one attached hydrogen (secondary N) is 2. The van der Waals surface area contributed by atoms with Gasteiger partial charge in [-0.1, -0.05) is 32.9 Å². The van der Waals surface area contributed by atoms with Crippen LogP contribution in [0.1, 0.15) is 50.4 Å². The predicted molar refractivity (Wildman–Crippen MR) is 142 cm³/mol. The summed E-state index contributed by atoms with van der Waals surface area (Å²) in [5, 5.41) is 7.51. The van der Waals surface area contributed by atoms with Crippen LogP contribution in [0.3, 0.4) is 0 Å². The molecule has 4 aromatic rings. The molecule has 8 nitrogen and oxygen atoms in total. The van der Waals surface area contributed by atoms with E-state index in [-0.39, 0.29) is 16.5 Å². The number of nitrogens with zero attached hydrogens (tertiary/aromatic N) is 5. The van der Waals surface area contributed by atoms with Crippen molar-refractivity contribution in [1.29, 1.82) is 0 Å². The fraction of sp³-hybridized carbons (Fsp3) is 0.357. The highest BCUT2D eigenvalue weighted by atomic mass is 16.1. The minimum absolute atomic E-state index is 0.134. The largest absolute Gasteiger partial charge is 0.324 e. The first-order chi connectivity index (χ1) is 17.3. The number of fused-ring (bicyclic) bond motifs is 3. The van der Waals surface area contributed by atoms with Gasteiger partial charge in [-0.2, -0.15) is 4.98 Å². The van der Waals surface area contributed by atoms with Crippen LogP contribution in [0, 0.1) is 0 Å². The summed E-state index contributed by atoms with van der Waals surface area (Å²) in [5.41, 5.74) is 5.95. The molecule has 1 aromatic carbocycles. The molecule has 36 heavy (non-hydrogen) atoms. The highest BCUT2D eigenvalue weighted by Crippen LogP contribution is 2.48. The summed E-state index contributed by atoms with van der Waals surface area (Å²) in [6, 6.07) is 10.4. The fourth-order valence-corrected chi connectivity index (χ4v) is 5.18. The number of hydrogen-bond donors (Lipinski definition) is 2. The van der Waals surface area contributed by atoms with E-state index >= 15 is 0 Å². The highest BCUT2D eigenvalue weighted by Gasteiger charge is 2.46. The molecule has 2 N–H and O–H groups in total. The third-order valence-corrected chi connectivity index (χ3v) is 7.22. The molecule has 0 radical (unpaired) electrons. The molecular formula is C28H31N7O. The lowest BCUT2D eigenvalue weighted by molar-refractivity contribution is 0.490. The standard InChI is InChI=1S/C28H31N7O/c1-5-14-34-25(36)21-17-30-26(32-19-6-7-22-18(15-19)8-13-31-28(22)10-11-28)33-24(21)35(34)20-9-12-29-23(16-20)27(2,3)4/h5-7,9,12,15-17,31H,1,8,10-11,13-14H2,2-4H3,(H,30,32,33). The molecule has 2 aliphatic rings. The Bertz CT molecular complexity index is 1550. The Morgan fingerprint density at radius 2 is 2.03 bits per heavy atom. The summed E-state index contributed by atoms with van der Waals surface area (Å²) in [6.07, 6.45) is 8.52. The van der Waals surface area contributed by atoms with E-state index in [1.165, 1.54) is 24.0 Å². The highest BCUT2D eigenvalue weighted by molar-refractivity contribution is 5.77. The van der Waals surface area contributed by atoms with Crippen molar-refractivity contribution in [3.05, 3.63) is 82.6 Å². The van der Waals surface area contributed by atoms with E-state index in [1.54, 1.807) is 23.2 Å². The minimum Gasteiger partial charge on any atom is -0.324 e. The van der Waals surface area contributed by atoms with Crippen LogP contribution in [0.2, 0.25) is 0 Å². The van der Waals surface area contributed by atoms with Gasteiger partial charge in [0.05, 0.1) is 12.2 Å². The van der Waals surface area contributed by atoms with Gasteiger partial charge in [0, 0.05) is 41.3 Å². The van der Waals surface area contributed by atoms with E-state index in [2.05, 4.69) is 66.2 Å². The van der Waals surface area contributed by atoms with Gasteiger partial charge in [-0.25, -0.2) is 14.3 Å². The monoisotopic (exact) mass is 481 g/mol. The van der Waals surface area contributed by atoms with E-state index in [1.807, 2.05) is 16.8 Å². The van der Waals surface area contributed by atoms with Crippen molar-refractivity contribution in [2.75, 3.05) is 11.9 Å². The Hall–Kier alpha value is -3.78. The van der Waals surface area contributed by atoms with Crippen LogP contribution in [0.15, 0.2) is 60.2 Å². The lowest BCUT2D eigenvalue weighted by atomic mass is 9.91. The van der Waals surface area contributed by atoms with Gasteiger partial charge in [0.2, 0.25) is 5.95 Å². The van der Waals surface area contributed by atoms with Gasteiger partial charge in [-0.3, -0.25) is 9.78 Å². The molecule has 4 heterocycles. The zero-order valence-corrected chi connectivity index (χ0v) is 21.0. The number of benzene rings is 1. The molecule has 0 saturated heterocycles. The topological polar surface area (TPSA) is 89.7 Å². The van der Waals surface area contributed by atoms with E-state index in [0.29, 0.717) is 23.5 Å². The van der Waals surface area contributed by atoms with Gasteiger partial charge in [-0.05, 0) is 54.7 Å². The Morgan fingerprint density at radius 1 is 1.19 bits per heavy atom. The van der Waals surface area contributed by atoms with Crippen molar-refractivity contribution in [3.63, 3.8) is 0 Å². The van der Waals surface area contributed by atoms with Gasteiger partial charge in [0.25, 0.3) is 5.56 Å². The van der Waals surface area contributed by atoms with Crippen molar-refractivity contribution in [2.45, 2.75) is 57.5 Å². The predicted octanol–water partition coefficient (Wildman–Crippen LogP) is 4.34. The van der Waals surface area contributed by atoms with E-state index in [0.717, 1.165) is 30.0 Å². The first-order valence-electron chi connectivity index (χ1n) is 12.5. The zero-order valence-electron chi connectivity index (χ0n) is 21.0. The second kappa shape index (κ2) is 8.13. The zero-order chi connectivity index (χ0) is 25.1. The lowest BCUT2D eigenvalue weighted by Gasteiger charge is -2.27. The molecule has 1 fully saturated rings. The molecular weight excluding hydrogens is 450 g/mol. The molecule has 0 unspecified atom stereocenters. The minimum atomic E-state index is -0.151. The Balaban J connectivity index is 1.43. The van der Waals surface area contributed by atoms with Crippen molar-refractivity contribution < 1.29 is 0 Å². The van der Waals surface area contributed by atoms with Gasteiger partial charge >= 0.3 is 0 Å². The van der Waals surface area contributed by atoms with E-state index in [9.17, 15) is 4.79 Å². The van der Waals surface area contributed by atoms with Gasteiger partial charge in [0.15, 0.2) is 5.65 Å². The number of rotatable bonds is 5. The molecule has 0 atom stereocenters. The second-order valence-electron chi connectivity index (χ2n) is 10.8. The van der Waals surface area contributed by atoms with Crippen molar-refractivity contribution in [2.24, 2.45) is 0 Å². The summed E-state index contributed by atoms with van der Waals surface area (Å²) >= 11 is 0. The van der Waals surface area contributed by atoms with Gasteiger partial charge in [-0.15, -0.1) is 6.58 Å². The third kappa shape index (κ3) is 3.73. The molecule has 1 saturated carbocycles. The smallest absolute Gasteiger partial charge is 0.278 e. The maximum atomic E-state index is 13.3. The Kier molecular flexibility index (Phi) is 5.12. The summed E-state index contributed by atoms with van der Waals surface area (Å²) in [6.45, 7) is 11.6.